The Bertz CT molecular complexity index is 321. The summed E-state index contributed by atoms with van der Waals surface area (Å²) in [6.07, 6.45) is 4.59. The Balaban J connectivity index is 1.51. The van der Waals surface area contributed by atoms with Gasteiger partial charge >= 0.3 is 0 Å². The van der Waals surface area contributed by atoms with Crippen LogP contribution in [0.1, 0.15) is 12.1 Å². The van der Waals surface area contributed by atoms with E-state index in [1.165, 1.54) is 39.1 Å². The van der Waals surface area contributed by atoms with Gasteiger partial charge in [-0.1, -0.05) is 0 Å². The van der Waals surface area contributed by atoms with Gasteiger partial charge in [-0.05, 0) is 32.6 Å². The van der Waals surface area contributed by atoms with Crippen molar-refractivity contribution in [1.82, 2.24) is 25.1 Å². The Kier molecular flexibility index (Phi) is 5.51. The maximum atomic E-state index is 4.19. The third-order valence-electron chi connectivity index (χ3n) is 3.37. The van der Waals surface area contributed by atoms with Crippen LogP contribution in [-0.2, 0) is 6.54 Å². The molecule has 1 aromatic heterocycles. The van der Waals surface area contributed by atoms with E-state index in [2.05, 4.69) is 32.1 Å². The van der Waals surface area contributed by atoms with E-state index in [0.29, 0.717) is 0 Å². The van der Waals surface area contributed by atoms with E-state index in [1.807, 2.05) is 6.07 Å². The first-order valence-corrected chi connectivity index (χ1v) is 6.71. The molecule has 0 atom stereocenters. The van der Waals surface area contributed by atoms with Crippen molar-refractivity contribution in [2.24, 2.45) is 0 Å². The zero-order valence-corrected chi connectivity index (χ0v) is 11.2. The Morgan fingerprint density at radius 2 is 2.11 bits per heavy atom. The van der Waals surface area contributed by atoms with Gasteiger partial charge < -0.3 is 15.1 Å². The predicted molar refractivity (Wildman–Crippen MR) is 72.3 cm³/mol. The van der Waals surface area contributed by atoms with Crippen LogP contribution in [-0.4, -0.2) is 66.1 Å². The molecule has 1 aliphatic rings. The molecule has 1 aromatic rings. The Morgan fingerprint density at radius 3 is 2.83 bits per heavy atom. The van der Waals surface area contributed by atoms with E-state index in [-0.39, 0.29) is 0 Å². The highest BCUT2D eigenvalue weighted by atomic mass is 15.2. The van der Waals surface area contributed by atoms with Gasteiger partial charge in [0.25, 0.3) is 0 Å². The lowest BCUT2D eigenvalue weighted by Gasteiger charge is -2.32. The van der Waals surface area contributed by atoms with Gasteiger partial charge in [-0.15, -0.1) is 0 Å². The van der Waals surface area contributed by atoms with Crippen molar-refractivity contribution in [3.05, 3.63) is 24.3 Å². The van der Waals surface area contributed by atoms with Crippen LogP contribution in [0.15, 0.2) is 18.6 Å². The van der Waals surface area contributed by atoms with Crippen LogP contribution < -0.4 is 5.32 Å². The Labute approximate surface area is 109 Å². The zero-order chi connectivity index (χ0) is 12.6. The van der Waals surface area contributed by atoms with Crippen LogP contribution in [0.25, 0.3) is 0 Å². The van der Waals surface area contributed by atoms with E-state index < -0.39 is 0 Å². The maximum Gasteiger partial charge on any atom is 0.115 e. The zero-order valence-electron chi connectivity index (χ0n) is 11.2. The molecule has 100 valence electrons. The molecule has 0 aromatic carbocycles. The second-order valence-corrected chi connectivity index (χ2v) is 4.88. The van der Waals surface area contributed by atoms with Crippen molar-refractivity contribution in [2.75, 3.05) is 46.3 Å². The highest BCUT2D eigenvalue weighted by Gasteiger charge is 2.12. The number of nitrogens with one attached hydrogen (secondary N) is 1. The molecule has 5 heteroatoms. The number of hydrogen-bond donors (Lipinski definition) is 1. The molecule has 0 bridgehead atoms. The first-order valence-electron chi connectivity index (χ1n) is 6.71. The largest absolute Gasteiger partial charge is 0.311 e. The van der Waals surface area contributed by atoms with Gasteiger partial charge in [0, 0.05) is 38.9 Å². The van der Waals surface area contributed by atoms with E-state index in [9.17, 15) is 0 Å². The number of nitrogens with zero attached hydrogens (tertiary/aromatic N) is 4. The number of rotatable bonds is 6. The minimum Gasteiger partial charge on any atom is -0.311 e. The standard InChI is InChI=1S/C13H23N5/c1-17-7-9-18(10-8-17)6-2-4-14-11-13-3-5-15-12-16-13/h3,5,12,14H,2,4,6-11H2,1H3. The van der Waals surface area contributed by atoms with Crippen LogP contribution in [0, 0.1) is 0 Å². The lowest BCUT2D eigenvalue weighted by atomic mass is 10.3. The molecule has 0 saturated carbocycles. The molecule has 1 aliphatic heterocycles. The summed E-state index contributed by atoms with van der Waals surface area (Å²) < 4.78 is 0. The van der Waals surface area contributed by atoms with Crippen molar-refractivity contribution in [3.63, 3.8) is 0 Å². The van der Waals surface area contributed by atoms with Crippen molar-refractivity contribution in [2.45, 2.75) is 13.0 Å². The SMILES string of the molecule is CN1CCN(CCCNCc2ccncn2)CC1. The number of aromatic nitrogens is 2. The fourth-order valence-corrected chi connectivity index (χ4v) is 2.14. The van der Waals surface area contributed by atoms with Crippen LogP contribution in [0.5, 0.6) is 0 Å². The third kappa shape index (κ3) is 4.68. The summed E-state index contributed by atoms with van der Waals surface area (Å²) in [5.74, 6) is 0. The van der Waals surface area contributed by atoms with Crippen LogP contribution in [0.3, 0.4) is 0 Å². The van der Waals surface area contributed by atoms with Crippen LogP contribution >= 0.6 is 0 Å². The smallest absolute Gasteiger partial charge is 0.115 e. The van der Waals surface area contributed by atoms with Gasteiger partial charge in [0.2, 0.25) is 0 Å². The van der Waals surface area contributed by atoms with Crippen LogP contribution in [0.2, 0.25) is 0 Å². The van der Waals surface area contributed by atoms with E-state index in [1.54, 1.807) is 12.5 Å². The Morgan fingerprint density at radius 1 is 1.28 bits per heavy atom. The normalized spacial score (nSPS) is 18.1. The van der Waals surface area contributed by atoms with Gasteiger partial charge in [-0.2, -0.15) is 0 Å². The molecule has 0 aliphatic carbocycles. The summed E-state index contributed by atoms with van der Waals surface area (Å²) in [7, 11) is 2.20. The number of hydrogen-bond acceptors (Lipinski definition) is 5. The molecular formula is C13H23N5. The summed E-state index contributed by atoms with van der Waals surface area (Å²) in [6, 6.07) is 1.95. The second-order valence-electron chi connectivity index (χ2n) is 4.88. The van der Waals surface area contributed by atoms with E-state index >= 15 is 0 Å². The van der Waals surface area contributed by atoms with Gasteiger partial charge in [-0.3, -0.25) is 0 Å². The summed E-state index contributed by atoms with van der Waals surface area (Å²) in [5.41, 5.74) is 1.06. The fourth-order valence-electron chi connectivity index (χ4n) is 2.14. The summed E-state index contributed by atoms with van der Waals surface area (Å²) in [4.78, 5) is 13.0. The number of piperazine rings is 1. The van der Waals surface area contributed by atoms with Crippen molar-refractivity contribution in [3.8, 4) is 0 Å². The minimum atomic E-state index is 0.839. The molecule has 5 nitrogen and oxygen atoms in total. The lowest BCUT2D eigenvalue weighted by Crippen LogP contribution is -2.45. The molecule has 2 heterocycles. The molecule has 0 spiro atoms. The molecule has 0 unspecified atom stereocenters. The summed E-state index contributed by atoms with van der Waals surface area (Å²) in [6.45, 7) is 7.92. The first-order chi connectivity index (χ1) is 8.84. The molecule has 1 fully saturated rings. The van der Waals surface area contributed by atoms with Gasteiger partial charge in [0.15, 0.2) is 0 Å². The molecule has 1 saturated heterocycles. The lowest BCUT2D eigenvalue weighted by molar-refractivity contribution is 0.152. The summed E-state index contributed by atoms with van der Waals surface area (Å²) in [5, 5.41) is 3.42. The first kappa shape index (κ1) is 13.4. The third-order valence-corrected chi connectivity index (χ3v) is 3.37. The molecule has 0 amide bonds. The van der Waals surface area contributed by atoms with Gasteiger partial charge in [0.1, 0.15) is 6.33 Å². The van der Waals surface area contributed by atoms with E-state index in [0.717, 1.165) is 18.8 Å². The molecule has 18 heavy (non-hydrogen) atoms. The number of likely N-dealkylation sites (N-methyl/N-ethyl adjacent to an activating group) is 1. The molecule has 1 N–H and O–H groups in total. The summed E-state index contributed by atoms with van der Waals surface area (Å²) >= 11 is 0. The van der Waals surface area contributed by atoms with Gasteiger partial charge in [0.05, 0.1) is 5.69 Å². The minimum absolute atomic E-state index is 0.839. The highest BCUT2D eigenvalue weighted by Crippen LogP contribution is 1.99. The highest BCUT2D eigenvalue weighted by molar-refractivity contribution is 4.96. The fraction of sp³-hybridized carbons (Fsp3) is 0.692. The second kappa shape index (κ2) is 7.41. The topological polar surface area (TPSA) is 44.3 Å². The molecule has 0 radical (unpaired) electrons. The Hall–Kier alpha value is -1.04. The van der Waals surface area contributed by atoms with Crippen molar-refractivity contribution >= 4 is 0 Å². The molecule has 2 rings (SSSR count). The average Bonchev–Trinajstić information content (AvgIpc) is 2.42. The van der Waals surface area contributed by atoms with E-state index in [4.69, 9.17) is 0 Å². The van der Waals surface area contributed by atoms with Gasteiger partial charge in [-0.25, -0.2) is 9.97 Å². The maximum absolute atomic E-state index is 4.19. The molecular weight excluding hydrogens is 226 g/mol. The monoisotopic (exact) mass is 249 g/mol. The average molecular weight is 249 g/mol. The quantitative estimate of drug-likeness (QED) is 0.730. The predicted octanol–water partition coefficient (Wildman–Crippen LogP) is 0.204. The van der Waals surface area contributed by atoms with Crippen molar-refractivity contribution in [1.29, 1.82) is 0 Å². The van der Waals surface area contributed by atoms with Crippen LogP contribution in [0.4, 0.5) is 0 Å². The van der Waals surface area contributed by atoms with Crippen molar-refractivity contribution < 1.29 is 0 Å².